The van der Waals surface area contributed by atoms with Gasteiger partial charge >= 0.3 is 5.97 Å². The third kappa shape index (κ3) is 5.81. The molecule has 114 valence electrons. The van der Waals surface area contributed by atoms with Gasteiger partial charge < -0.3 is 20.6 Å². The van der Waals surface area contributed by atoms with Crippen LogP contribution in [0.5, 0.6) is 0 Å². The van der Waals surface area contributed by atoms with Crippen molar-refractivity contribution in [2.24, 2.45) is 5.73 Å². The summed E-state index contributed by atoms with van der Waals surface area (Å²) in [5.41, 5.74) is 4.97. The molecule has 0 saturated carbocycles. The number of hydrogen-bond donors (Lipinski definition) is 2. The zero-order valence-electron chi connectivity index (χ0n) is 12.7. The highest BCUT2D eigenvalue weighted by atomic mass is 16.4. The molecule has 1 saturated heterocycles. The second kappa shape index (κ2) is 8.65. The van der Waals surface area contributed by atoms with E-state index in [1.807, 2.05) is 0 Å². The second-order valence-electron chi connectivity index (χ2n) is 5.96. The Hall–Kier alpha value is -0.585. The Bertz CT molecular complexity index is 296. The number of piperazine rings is 1. The van der Waals surface area contributed by atoms with Crippen LogP contribution in [-0.2, 0) is 4.79 Å². The summed E-state index contributed by atoms with van der Waals surface area (Å²) in [6.07, 6.45) is 4.12. The van der Waals surface area contributed by atoms with Crippen LogP contribution >= 0.6 is 0 Å². The third-order valence-corrected chi connectivity index (χ3v) is 4.20. The lowest BCUT2D eigenvalue weighted by molar-refractivity contribution is -0.144. The number of aliphatic carboxylic acids is 1. The largest absolute Gasteiger partial charge is 0.480 e. The Labute approximate surface area is 123 Å². The highest BCUT2D eigenvalue weighted by molar-refractivity contribution is 6.08. The molecule has 1 aliphatic rings. The quantitative estimate of drug-likeness (QED) is 0.477. The van der Waals surface area contributed by atoms with Crippen molar-refractivity contribution in [1.29, 1.82) is 0 Å². The van der Waals surface area contributed by atoms with E-state index in [9.17, 15) is 9.90 Å². The van der Waals surface area contributed by atoms with Crippen LogP contribution in [0.25, 0.3) is 0 Å². The summed E-state index contributed by atoms with van der Waals surface area (Å²) in [6, 6.07) is 0. The van der Waals surface area contributed by atoms with Crippen LogP contribution in [0.2, 0.25) is 6.32 Å². The van der Waals surface area contributed by atoms with Crippen molar-refractivity contribution in [3.63, 3.8) is 0 Å². The van der Waals surface area contributed by atoms with E-state index in [1.54, 1.807) is 0 Å². The molecule has 2 radical (unpaired) electrons. The van der Waals surface area contributed by atoms with Gasteiger partial charge in [-0.05, 0) is 32.9 Å². The summed E-state index contributed by atoms with van der Waals surface area (Å²) in [4.78, 5) is 16.1. The number of nitrogens with two attached hydrogens (primary N) is 1. The lowest BCUT2D eigenvalue weighted by Crippen LogP contribution is -2.49. The number of carbonyl (C=O) groups is 1. The molecule has 1 rings (SSSR count). The SMILES string of the molecule is [B]CCCCC(N)(CCCN1CCN(C)CC1)C(=O)O. The number of likely N-dealkylation sites (N-methyl/N-ethyl adjacent to an activating group) is 1. The Morgan fingerprint density at radius 1 is 1.20 bits per heavy atom. The molecular weight excluding hydrogens is 253 g/mol. The van der Waals surface area contributed by atoms with E-state index >= 15 is 0 Å². The number of unbranched alkanes of at least 4 members (excludes halogenated alkanes) is 1. The Balaban J connectivity index is 2.29. The van der Waals surface area contributed by atoms with Gasteiger partial charge in [-0.15, -0.1) is 0 Å². The Kier molecular flexibility index (Phi) is 7.55. The molecule has 3 N–H and O–H groups in total. The molecule has 0 amide bonds. The minimum absolute atomic E-state index is 0.516. The average Bonchev–Trinajstić information content (AvgIpc) is 2.41. The monoisotopic (exact) mass is 281 g/mol. The fourth-order valence-electron chi connectivity index (χ4n) is 2.61. The molecule has 1 unspecified atom stereocenters. The summed E-state index contributed by atoms with van der Waals surface area (Å²) in [7, 11) is 7.57. The van der Waals surface area contributed by atoms with Gasteiger partial charge in [0.25, 0.3) is 0 Å². The zero-order valence-corrected chi connectivity index (χ0v) is 12.7. The van der Waals surface area contributed by atoms with Crippen molar-refractivity contribution >= 4 is 13.8 Å². The van der Waals surface area contributed by atoms with E-state index in [0.717, 1.165) is 52.0 Å². The van der Waals surface area contributed by atoms with Crippen LogP contribution in [0.15, 0.2) is 0 Å². The van der Waals surface area contributed by atoms with Gasteiger partial charge in [0.05, 0.1) is 7.85 Å². The van der Waals surface area contributed by atoms with Crippen LogP contribution in [0.3, 0.4) is 0 Å². The second-order valence-corrected chi connectivity index (χ2v) is 5.96. The van der Waals surface area contributed by atoms with Crippen molar-refractivity contribution < 1.29 is 9.90 Å². The van der Waals surface area contributed by atoms with Crippen LogP contribution < -0.4 is 5.73 Å². The predicted molar refractivity (Wildman–Crippen MR) is 82.1 cm³/mol. The molecule has 0 aromatic rings. The fraction of sp³-hybridized carbons (Fsp3) is 0.929. The van der Waals surface area contributed by atoms with Gasteiger partial charge in [0, 0.05) is 26.2 Å². The molecule has 1 atom stereocenters. The molecule has 1 fully saturated rings. The van der Waals surface area contributed by atoms with E-state index in [4.69, 9.17) is 13.6 Å². The molecule has 0 aromatic carbocycles. The van der Waals surface area contributed by atoms with Crippen molar-refractivity contribution in [3.05, 3.63) is 0 Å². The lowest BCUT2D eigenvalue weighted by atomic mass is 9.87. The minimum atomic E-state index is -1.08. The standard InChI is InChI=1S/C14H28BN3O2/c1-17-9-11-18(12-10-17)8-4-6-14(16,13(19)20)5-2-3-7-15/h2-12,16H2,1H3,(H,19,20). The van der Waals surface area contributed by atoms with E-state index in [1.165, 1.54) is 0 Å². The molecule has 1 heterocycles. The number of nitrogens with zero attached hydrogens (tertiary/aromatic N) is 2. The zero-order chi connectivity index (χ0) is 15.0. The summed E-state index contributed by atoms with van der Waals surface area (Å²) >= 11 is 0. The molecule has 0 spiro atoms. The maximum Gasteiger partial charge on any atom is 0.323 e. The van der Waals surface area contributed by atoms with Gasteiger partial charge in [0.1, 0.15) is 5.54 Å². The first-order valence-corrected chi connectivity index (χ1v) is 7.61. The highest BCUT2D eigenvalue weighted by Gasteiger charge is 2.32. The summed E-state index contributed by atoms with van der Waals surface area (Å²) in [5.74, 6) is -0.882. The summed E-state index contributed by atoms with van der Waals surface area (Å²) in [5, 5.41) is 9.33. The maximum absolute atomic E-state index is 11.4. The van der Waals surface area contributed by atoms with E-state index in [0.29, 0.717) is 19.2 Å². The molecule has 0 bridgehead atoms. The van der Waals surface area contributed by atoms with E-state index in [-0.39, 0.29) is 0 Å². The molecule has 20 heavy (non-hydrogen) atoms. The van der Waals surface area contributed by atoms with E-state index < -0.39 is 11.5 Å². The number of carboxylic acid groups (broad SMARTS) is 1. The van der Waals surface area contributed by atoms with Crippen LogP contribution in [0.1, 0.15) is 32.1 Å². The predicted octanol–water partition coefficient (Wildman–Crippen LogP) is 0.553. The van der Waals surface area contributed by atoms with Crippen LogP contribution in [0.4, 0.5) is 0 Å². The van der Waals surface area contributed by atoms with Gasteiger partial charge in [-0.2, -0.15) is 0 Å². The molecule has 0 aromatic heterocycles. The fourth-order valence-corrected chi connectivity index (χ4v) is 2.61. The average molecular weight is 281 g/mol. The van der Waals surface area contributed by atoms with Gasteiger partial charge in [0.2, 0.25) is 0 Å². The first kappa shape index (κ1) is 17.5. The minimum Gasteiger partial charge on any atom is -0.480 e. The van der Waals surface area contributed by atoms with Crippen molar-refractivity contribution in [2.45, 2.75) is 44.0 Å². The van der Waals surface area contributed by atoms with E-state index in [2.05, 4.69) is 16.8 Å². The molecule has 6 heteroatoms. The summed E-state index contributed by atoms with van der Waals surface area (Å²) < 4.78 is 0. The molecule has 0 aliphatic carbocycles. The number of rotatable bonds is 9. The normalized spacial score (nSPS) is 20.7. The van der Waals surface area contributed by atoms with Gasteiger partial charge in [0.15, 0.2) is 0 Å². The topological polar surface area (TPSA) is 69.8 Å². The van der Waals surface area contributed by atoms with Crippen LogP contribution in [-0.4, -0.2) is 74.0 Å². The third-order valence-electron chi connectivity index (χ3n) is 4.20. The first-order chi connectivity index (χ1) is 9.48. The number of carboxylic acids is 1. The smallest absolute Gasteiger partial charge is 0.323 e. The van der Waals surface area contributed by atoms with Crippen molar-refractivity contribution in [1.82, 2.24) is 9.80 Å². The van der Waals surface area contributed by atoms with Crippen molar-refractivity contribution in [2.75, 3.05) is 39.8 Å². The maximum atomic E-state index is 11.4. The first-order valence-electron chi connectivity index (χ1n) is 7.61. The van der Waals surface area contributed by atoms with Gasteiger partial charge in [-0.1, -0.05) is 19.2 Å². The van der Waals surface area contributed by atoms with Crippen LogP contribution in [0, 0.1) is 0 Å². The molecule has 5 nitrogen and oxygen atoms in total. The molecular formula is C14H28BN3O2. The highest BCUT2D eigenvalue weighted by Crippen LogP contribution is 2.19. The molecule has 1 aliphatic heterocycles. The lowest BCUT2D eigenvalue weighted by Gasteiger charge is -2.33. The summed E-state index contributed by atoms with van der Waals surface area (Å²) in [6.45, 7) is 5.24. The Morgan fingerprint density at radius 2 is 1.80 bits per heavy atom. The number of hydrogen-bond acceptors (Lipinski definition) is 4. The Morgan fingerprint density at radius 3 is 2.35 bits per heavy atom. The van der Waals surface area contributed by atoms with Gasteiger partial charge in [-0.3, -0.25) is 4.79 Å². The van der Waals surface area contributed by atoms with Gasteiger partial charge in [-0.25, -0.2) is 0 Å². The van der Waals surface area contributed by atoms with Crippen molar-refractivity contribution in [3.8, 4) is 0 Å².